The number of benzene rings is 1. The molecule has 188 valence electrons. The number of rotatable bonds is 13. The molecule has 0 saturated heterocycles. The SMILES string of the molecule is CC(C)(C)c1cnc(CSc2cnc(CC(=O)CCCCCCC(=O)Nc3ccc(O)cc3)s2)o1. The highest BCUT2D eigenvalue weighted by molar-refractivity contribution is 8.00. The van der Waals surface area contributed by atoms with Crippen LogP contribution in [0, 0.1) is 0 Å². The van der Waals surface area contributed by atoms with Crippen LogP contribution in [0.25, 0.3) is 0 Å². The van der Waals surface area contributed by atoms with Crippen molar-refractivity contribution in [3.63, 3.8) is 0 Å². The van der Waals surface area contributed by atoms with Gasteiger partial charge in [0.05, 0.1) is 28.8 Å². The predicted molar refractivity (Wildman–Crippen MR) is 140 cm³/mol. The molecule has 0 saturated carbocycles. The minimum atomic E-state index is -0.0583. The van der Waals surface area contributed by atoms with Crippen LogP contribution in [-0.2, 0) is 27.2 Å². The molecule has 0 radical (unpaired) electrons. The van der Waals surface area contributed by atoms with Crippen LogP contribution in [0.15, 0.2) is 45.3 Å². The van der Waals surface area contributed by atoms with Crippen LogP contribution < -0.4 is 5.32 Å². The normalized spacial score (nSPS) is 11.5. The lowest BCUT2D eigenvalue weighted by Crippen LogP contribution is -2.10. The predicted octanol–water partition coefficient (Wildman–Crippen LogP) is 6.52. The van der Waals surface area contributed by atoms with E-state index in [1.54, 1.807) is 53.6 Å². The number of Topliss-reactive ketones (excluding diaryl/α,β-unsaturated/α-hetero) is 1. The number of nitrogens with one attached hydrogen (secondary N) is 1. The third kappa shape index (κ3) is 9.49. The van der Waals surface area contributed by atoms with Gasteiger partial charge in [0.25, 0.3) is 0 Å². The summed E-state index contributed by atoms with van der Waals surface area (Å²) in [5.74, 6) is 2.54. The van der Waals surface area contributed by atoms with E-state index in [0.29, 0.717) is 36.6 Å². The summed E-state index contributed by atoms with van der Waals surface area (Å²) in [6.45, 7) is 6.28. The monoisotopic (exact) mass is 515 g/mol. The van der Waals surface area contributed by atoms with E-state index in [2.05, 4.69) is 36.1 Å². The fourth-order valence-electron chi connectivity index (χ4n) is 3.29. The molecule has 3 aromatic rings. The number of ketones is 1. The highest BCUT2D eigenvalue weighted by atomic mass is 32.2. The van der Waals surface area contributed by atoms with Crippen LogP contribution in [0.4, 0.5) is 5.69 Å². The molecular formula is C26H33N3O4S2. The van der Waals surface area contributed by atoms with Gasteiger partial charge in [-0.25, -0.2) is 9.97 Å². The summed E-state index contributed by atoms with van der Waals surface area (Å²) in [4.78, 5) is 33.0. The fourth-order valence-corrected chi connectivity index (χ4v) is 5.19. The minimum Gasteiger partial charge on any atom is -0.508 e. The molecule has 2 heterocycles. The number of nitrogens with zero attached hydrogens (tertiary/aromatic N) is 2. The van der Waals surface area contributed by atoms with Crippen molar-refractivity contribution < 1.29 is 19.1 Å². The largest absolute Gasteiger partial charge is 0.508 e. The lowest BCUT2D eigenvalue weighted by molar-refractivity contribution is -0.118. The molecule has 0 bridgehead atoms. The van der Waals surface area contributed by atoms with E-state index in [-0.39, 0.29) is 22.9 Å². The number of carbonyl (C=O) groups is 2. The van der Waals surface area contributed by atoms with Gasteiger partial charge < -0.3 is 14.8 Å². The van der Waals surface area contributed by atoms with Gasteiger partial charge in [0.15, 0.2) is 0 Å². The molecule has 2 N–H and O–H groups in total. The smallest absolute Gasteiger partial charge is 0.224 e. The topological polar surface area (TPSA) is 105 Å². The maximum Gasteiger partial charge on any atom is 0.224 e. The van der Waals surface area contributed by atoms with Crippen LogP contribution in [0.2, 0.25) is 0 Å². The Labute approximate surface area is 214 Å². The molecule has 9 heteroatoms. The zero-order valence-electron chi connectivity index (χ0n) is 20.5. The molecule has 1 aromatic carbocycles. The van der Waals surface area contributed by atoms with Crippen LogP contribution in [-0.4, -0.2) is 26.8 Å². The molecule has 35 heavy (non-hydrogen) atoms. The minimum absolute atomic E-state index is 0.0401. The second kappa shape index (κ2) is 12.9. The lowest BCUT2D eigenvalue weighted by Gasteiger charge is -2.12. The third-order valence-electron chi connectivity index (χ3n) is 5.27. The Balaban J connectivity index is 1.27. The number of thiazole rings is 1. The number of aromatic nitrogens is 2. The second-order valence-corrected chi connectivity index (χ2v) is 11.8. The van der Waals surface area contributed by atoms with Gasteiger partial charge in [-0.3, -0.25) is 9.59 Å². The van der Waals surface area contributed by atoms with E-state index >= 15 is 0 Å². The number of aromatic hydroxyl groups is 1. The molecular weight excluding hydrogens is 482 g/mol. The highest BCUT2D eigenvalue weighted by Crippen LogP contribution is 2.30. The summed E-state index contributed by atoms with van der Waals surface area (Å²) in [5.41, 5.74) is 0.617. The molecule has 0 aliphatic carbocycles. The van der Waals surface area contributed by atoms with Crippen molar-refractivity contribution in [1.82, 2.24) is 9.97 Å². The van der Waals surface area contributed by atoms with Gasteiger partial charge in [-0.05, 0) is 37.1 Å². The molecule has 0 aliphatic rings. The number of oxazole rings is 1. The Morgan fingerprint density at radius 3 is 2.43 bits per heavy atom. The molecule has 0 aliphatic heterocycles. The Kier molecular flexibility index (Phi) is 9.92. The number of carbonyl (C=O) groups excluding carboxylic acids is 2. The summed E-state index contributed by atoms with van der Waals surface area (Å²) >= 11 is 3.17. The first kappa shape index (κ1) is 26.9. The summed E-state index contributed by atoms with van der Waals surface area (Å²) < 4.78 is 6.87. The molecule has 0 unspecified atom stereocenters. The van der Waals surface area contributed by atoms with Crippen molar-refractivity contribution in [3.8, 4) is 5.75 Å². The number of hydrogen-bond acceptors (Lipinski definition) is 8. The molecule has 0 spiro atoms. The Morgan fingerprint density at radius 1 is 1.03 bits per heavy atom. The van der Waals surface area contributed by atoms with E-state index in [0.717, 1.165) is 40.7 Å². The number of phenolic OH excluding ortho intramolecular Hbond substituents is 1. The maximum atomic E-state index is 12.3. The van der Waals surface area contributed by atoms with Crippen molar-refractivity contribution in [2.45, 2.75) is 81.1 Å². The van der Waals surface area contributed by atoms with Gasteiger partial charge in [-0.2, -0.15) is 0 Å². The van der Waals surface area contributed by atoms with E-state index in [4.69, 9.17) is 4.42 Å². The standard InChI is InChI=1S/C26H33N3O4S2/c1-26(2,3)21-15-27-23(33-21)17-34-25-16-28-24(35-25)14-20(31)8-6-4-5-7-9-22(32)29-18-10-12-19(30)13-11-18/h10-13,15-16,30H,4-9,14,17H2,1-3H3,(H,29,32). The maximum absolute atomic E-state index is 12.3. The average molecular weight is 516 g/mol. The van der Waals surface area contributed by atoms with E-state index in [1.807, 2.05) is 6.20 Å². The number of unbranched alkanes of at least 4 members (excludes halogenated alkanes) is 3. The van der Waals surface area contributed by atoms with Crippen molar-refractivity contribution in [2.75, 3.05) is 5.32 Å². The third-order valence-corrected chi connectivity index (χ3v) is 7.45. The number of hydrogen-bond donors (Lipinski definition) is 2. The van der Waals surface area contributed by atoms with Crippen LogP contribution in [0.1, 0.15) is 76.0 Å². The average Bonchev–Trinajstić information content (AvgIpc) is 3.46. The fraction of sp³-hybridized carbons (Fsp3) is 0.462. The second-order valence-electron chi connectivity index (χ2n) is 9.45. The molecule has 7 nitrogen and oxygen atoms in total. The van der Waals surface area contributed by atoms with Gasteiger partial charge in [0.1, 0.15) is 22.3 Å². The number of thioether (sulfide) groups is 1. The summed E-state index contributed by atoms with van der Waals surface area (Å²) in [5, 5.41) is 12.9. The Hall–Kier alpha value is -2.65. The van der Waals surface area contributed by atoms with Crippen LogP contribution in [0.5, 0.6) is 5.75 Å². The molecule has 1 amide bonds. The number of amides is 1. The summed E-state index contributed by atoms with van der Waals surface area (Å²) in [6, 6.07) is 6.42. The van der Waals surface area contributed by atoms with Gasteiger partial charge in [-0.15, -0.1) is 23.1 Å². The quantitative estimate of drug-likeness (QED) is 0.152. The number of phenols is 1. The Morgan fingerprint density at radius 2 is 1.74 bits per heavy atom. The van der Waals surface area contributed by atoms with Gasteiger partial charge >= 0.3 is 0 Å². The lowest BCUT2D eigenvalue weighted by atomic mass is 9.94. The molecule has 0 fully saturated rings. The first-order valence-electron chi connectivity index (χ1n) is 11.8. The molecule has 2 aromatic heterocycles. The van der Waals surface area contributed by atoms with Crippen molar-refractivity contribution in [3.05, 3.63) is 53.3 Å². The first-order valence-corrected chi connectivity index (χ1v) is 13.6. The van der Waals surface area contributed by atoms with Gasteiger partial charge in [0.2, 0.25) is 11.8 Å². The van der Waals surface area contributed by atoms with E-state index < -0.39 is 0 Å². The van der Waals surface area contributed by atoms with Crippen LogP contribution >= 0.6 is 23.1 Å². The summed E-state index contributed by atoms with van der Waals surface area (Å²) in [7, 11) is 0. The first-order chi connectivity index (χ1) is 16.7. The van der Waals surface area contributed by atoms with Crippen molar-refractivity contribution in [2.24, 2.45) is 0 Å². The van der Waals surface area contributed by atoms with Gasteiger partial charge in [-0.1, -0.05) is 33.6 Å². The summed E-state index contributed by atoms with van der Waals surface area (Å²) in [6.07, 6.45) is 8.39. The van der Waals surface area contributed by atoms with Crippen molar-refractivity contribution in [1.29, 1.82) is 0 Å². The zero-order chi connectivity index (χ0) is 25.3. The van der Waals surface area contributed by atoms with E-state index in [9.17, 15) is 14.7 Å². The number of anilines is 1. The Bertz CT molecular complexity index is 1100. The molecule has 0 atom stereocenters. The highest BCUT2D eigenvalue weighted by Gasteiger charge is 2.19. The van der Waals surface area contributed by atoms with Gasteiger partial charge in [0, 0.05) is 23.9 Å². The van der Waals surface area contributed by atoms with Crippen LogP contribution in [0.3, 0.4) is 0 Å². The van der Waals surface area contributed by atoms with E-state index in [1.165, 1.54) is 0 Å². The molecule has 3 rings (SSSR count). The zero-order valence-corrected chi connectivity index (χ0v) is 22.1. The van der Waals surface area contributed by atoms with Crippen molar-refractivity contribution >= 4 is 40.5 Å².